The van der Waals surface area contributed by atoms with Gasteiger partial charge in [0.1, 0.15) is 0 Å². The van der Waals surface area contributed by atoms with Gasteiger partial charge in [0.15, 0.2) is 11.5 Å². The molecule has 1 unspecified atom stereocenters. The van der Waals surface area contributed by atoms with Crippen molar-refractivity contribution in [2.24, 2.45) is 5.92 Å². The topological polar surface area (TPSA) is 96.9 Å². The Morgan fingerprint density at radius 2 is 1.78 bits per heavy atom. The summed E-state index contributed by atoms with van der Waals surface area (Å²) in [5.41, 5.74) is 3.61. The van der Waals surface area contributed by atoms with Crippen molar-refractivity contribution in [3.8, 4) is 11.5 Å². The number of amides is 2. The largest absolute Gasteiger partial charge is 0.465 e. The number of hydrogen-bond acceptors (Lipinski definition) is 4. The predicted octanol–water partition coefficient (Wildman–Crippen LogP) is 2.90. The Morgan fingerprint density at radius 1 is 1.15 bits per heavy atom. The maximum atomic E-state index is 12.4. The van der Waals surface area contributed by atoms with Crippen LogP contribution in [0.1, 0.15) is 59.7 Å². The Kier molecular flexibility index (Phi) is 4.20. The molecule has 1 fully saturated rings. The van der Waals surface area contributed by atoms with Gasteiger partial charge in [0.2, 0.25) is 0 Å². The van der Waals surface area contributed by atoms with E-state index in [-0.39, 0.29) is 17.9 Å². The van der Waals surface area contributed by atoms with Crippen LogP contribution in [-0.4, -0.2) is 35.5 Å². The SMILES string of the molecule is Cc1c2c(c(C)c3c1OC(C)(C1CCC(NC(=O)O)CC1)O3)C(=O)NCC2. The van der Waals surface area contributed by atoms with E-state index in [9.17, 15) is 9.59 Å². The molecule has 3 N–H and O–H groups in total. The highest BCUT2D eigenvalue weighted by molar-refractivity contribution is 6.00. The van der Waals surface area contributed by atoms with Crippen molar-refractivity contribution >= 4 is 12.0 Å². The number of rotatable bonds is 2. The first-order chi connectivity index (χ1) is 12.8. The minimum absolute atomic E-state index is 0.00869. The van der Waals surface area contributed by atoms with Gasteiger partial charge < -0.3 is 25.2 Å². The molecular weight excluding hydrogens is 348 g/mol. The quantitative estimate of drug-likeness (QED) is 0.740. The minimum Gasteiger partial charge on any atom is -0.465 e. The number of fused-ring (bicyclic) bond motifs is 2. The standard InChI is InChI=1S/C20H26N2O5/c1-10-14-8-9-21-18(23)15(14)11(2)17-16(10)26-20(3,27-17)12-4-6-13(7-5-12)22-19(24)25/h12-13,22H,4-9H2,1-3H3,(H,21,23)(H,24,25). The third-order valence-electron chi connectivity index (χ3n) is 6.31. The molecule has 146 valence electrons. The summed E-state index contributed by atoms with van der Waals surface area (Å²) in [6.07, 6.45) is 3.02. The number of carbonyl (C=O) groups is 2. The average Bonchev–Trinajstić information content (AvgIpc) is 2.99. The third kappa shape index (κ3) is 2.89. The van der Waals surface area contributed by atoms with Crippen LogP contribution < -0.4 is 20.1 Å². The lowest BCUT2D eigenvalue weighted by molar-refractivity contribution is -0.121. The highest BCUT2D eigenvalue weighted by Gasteiger charge is 2.48. The Hall–Kier alpha value is -2.44. The Balaban J connectivity index is 1.59. The summed E-state index contributed by atoms with van der Waals surface area (Å²) in [6.45, 7) is 6.52. The molecule has 1 aromatic rings. The van der Waals surface area contributed by atoms with Gasteiger partial charge in [-0.1, -0.05) is 0 Å². The second-order valence-corrected chi connectivity index (χ2v) is 7.99. The van der Waals surface area contributed by atoms with Crippen LogP contribution in [0.3, 0.4) is 0 Å². The fraction of sp³-hybridized carbons (Fsp3) is 0.600. The van der Waals surface area contributed by atoms with E-state index in [1.165, 1.54) is 0 Å². The lowest BCUT2D eigenvalue weighted by atomic mass is 9.81. The van der Waals surface area contributed by atoms with Crippen LogP contribution >= 0.6 is 0 Å². The molecule has 2 heterocycles. The van der Waals surface area contributed by atoms with Gasteiger partial charge in [-0.3, -0.25) is 4.79 Å². The van der Waals surface area contributed by atoms with Crippen LogP contribution in [0.5, 0.6) is 11.5 Å². The third-order valence-corrected chi connectivity index (χ3v) is 6.31. The minimum atomic E-state index is -0.972. The fourth-order valence-corrected chi connectivity index (χ4v) is 4.79. The second kappa shape index (κ2) is 6.32. The van der Waals surface area contributed by atoms with Crippen molar-refractivity contribution in [2.45, 2.75) is 64.7 Å². The predicted molar refractivity (Wildman–Crippen MR) is 98.5 cm³/mol. The van der Waals surface area contributed by atoms with Crippen LogP contribution in [0.25, 0.3) is 0 Å². The first-order valence-electron chi connectivity index (χ1n) is 9.62. The summed E-state index contributed by atoms with van der Waals surface area (Å²) in [7, 11) is 0. The van der Waals surface area contributed by atoms with E-state index in [4.69, 9.17) is 14.6 Å². The second-order valence-electron chi connectivity index (χ2n) is 7.99. The highest BCUT2D eigenvalue weighted by Crippen LogP contribution is 2.51. The van der Waals surface area contributed by atoms with Crippen LogP contribution in [0.2, 0.25) is 0 Å². The molecule has 4 rings (SSSR count). The van der Waals surface area contributed by atoms with E-state index in [1.807, 2.05) is 20.8 Å². The van der Waals surface area contributed by atoms with Gasteiger partial charge in [0.05, 0.1) is 0 Å². The molecule has 27 heavy (non-hydrogen) atoms. The molecule has 1 atom stereocenters. The zero-order valence-electron chi connectivity index (χ0n) is 16.0. The number of nitrogens with one attached hydrogen (secondary N) is 2. The summed E-state index contributed by atoms with van der Waals surface area (Å²) in [5, 5.41) is 14.4. The fourth-order valence-electron chi connectivity index (χ4n) is 4.79. The Morgan fingerprint density at radius 3 is 2.41 bits per heavy atom. The van der Waals surface area contributed by atoms with Crippen molar-refractivity contribution in [1.29, 1.82) is 0 Å². The molecular formula is C20H26N2O5. The van der Waals surface area contributed by atoms with Gasteiger partial charge in [0.25, 0.3) is 11.7 Å². The molecule has 7 nitrogen and oxygen atoms in total. The molecule has 2 amide bonds. The summed E-state index contributed by atoms with van der Waals surface area (Å²) >= 11 is 0. The molecule has 7 heteroatoms. The summed E-state index contributed by atoms with van der Waals surface area (Å²) in [4.78, 5) is 23.2. The molecule has 2 aliphatic heterocycles. The lowest BCUT2D eigenvalue weighted by Gasteiger charge is -2.37. The maximum Gasteiger partial charge on any atom is 0.404 e. The smallest absolute Gasteiger partial charge is 0.404 e. The Bertz CT molecular complexity index is 813. The molecule has 1 saturated carbocycles. The summed E-state index contributed by atoms with van der Waals surface area (Å²) in [6, 6.07) is -0.00869. The number of carboxylic acid groups (broad SMARTS) is 1. The average molecular weight is 374 g/mol. The molecule has 0 radical (unpaired) electrons. The van der Waals surface area contributed by atoms with Crippen LogP contribution in [-0.2, 0) is 6.42 Å². The first-order valence-corrected chi connectivity index (χ1v) is 9.62. The van der Waals surface area contributed by atoms with E-state index in [1.54, 1.807) is 0 Å². The van der Waals surface area contributed by atoms with E-state index >= 15 is 0 Å². The van der Waals surface area contributed by atoms with Gasteiger partial charge >= 0.3 is 6.09 Å². The molecule has 0 saturated heterocycles. The van der Waals surface area contributed by atoms with Crippen molar-refractivity contribution < 1.29 is 24.2 Å². The molecule has 1 aliphatic carbocycles. The zero-order valence-corrected chi connectivity index (χ0v) is 16.0. The molecule has 0 aromatic heterocycles. The van der Waals surface area contributed by atoms with Crippen molar-refractivity contribution in [1.82, 2.24) is 10.6 Å². The molecule has 0 bridgehead atoms. The zero-order chi connectivity index (χ0) is 19.3. The van der Waals surface area contributed by atoms with E-state index in [0.717, 1.165) is 60.1 Å². The number of benzene rings is 1. The number of carbonyl (C=O) groups excluding carboxylic acids is 1. The number of hydrogen-bond donors (Lipinski definition) is 3. The van der Waals surface area contributed by atoms with E-state index in [2.05, 4.69) is 10.6 Å². The van der Waals surface area contributed by atoms with E-state index in [0.29, 0.717) is 12.3 Å². The summed E-state index contributed by atoms with van der Waals surface area (Å²) in [5.74, 6) is 0.774. The van der Waals surface area contributed by atoms with Gasteiger partial charge in [-0.2, -0.15) is 0 Å². The molecule has 1 aromatic carbocycles. The van der Waals surface area contributed by atoms with E-state index < -0.39 is 11.9 Å². The van der Waals surface area contributed by atoms with Crippen molar-refractivity contribution in [3.63, 3.8) is 0 Å². The van der Waals surface area contributed by atoms with Gasteiger partial charge in [-0.25, -0.2) is 4.79 Å². The normalized spacial score (nSPS) is 29.1. The lowest BCUT2D eigenvalue weighted by Crippen LogP contribution is -2.47. The van der Waals surface area contributed by atoms with Gasteiger partial charge in [0, 0.05) is 36.6 Å². The van der Waals surface area contributed by atoms with Gasteiger partial charge in [-0.15, -0.1) is 0 Å². The monoisotopic (exact) mass is 374 g/mol. The van der Waals surface area contributed by atoms with Crippen LogP contribution in [0.15, 0.2) is 0 Å². The van der Waals surface area contributed by atoms with Crippen LogP contribution in [0.4, 0.5) is 4.79 Å². The highest BCUT2D eigenvalue weighted by atomic mass is 16.7. The molecule has 3 aliphatic rings. The molecule has 0 spiro atoms. The van der Waals surface area contributed by atoms with Gasteiger partial charge in [-0.05, 0) is 57.1 Å². The summed E-state index contributed by atoms with van der Waals surface area (Å²) < 4.78 is 12.7. The van der Waals surface area contributed by atoms with Crippen LogP contribution in [0, 0.1) is 19.8 Å². The first kappa shape index (κ1) is 17.9. The van der Waals surface area contributed by atoms with Crippen molar-refractivity contribution in [3.05, 3.63) is 22.3 Å². The maximum absolute atomic E-state index is 12.4. The number of ether oxygens (including phenoxy) is 2. The Labute approximate surface area is 158 Å². The van der Waals surface area contributed by atoms with Crippen molar-refractivity contribution in [2.75, 3.05) is 6.54 Å².